The van der Waals surface area contributed by atoms with Crippen molar-refractivity contribution in [3.63, 3.8) is 0 Å². The third-order valence-corrected chi connectivity index (χ3v) is 5.23. The van der Waals surface area contributed by atoms with Crippen molar-refractivity contribution in [2.45, 2.75) is 32.7 Å². The lowest BCUT2D eigenvalue weighted by Gasteiger charge is -2.22. The average Bonchev–Trinajstić information content (AvgIpc) is 2.73. The number of phenols is 1. The summed E-state index contributed by atoms with van der Waals surface area (Å²) in [5.74, 6) is 1.43. The summed E-state index contributed by atoms with van der Waals surface area (Å²) in [5.41, 5.74) is 4.85. The number of aromatic hydroxyl groups is 1. The molecule has 2 aromatic heterocycles. The Labute approximate surface area is 171 Å². The lowest BCUT2D eigenvalue weighted by atomic mass is 9.93. The zero-order chi connectivity index (χ0) is 20.4. The van der Waals surface area contributed by atoms with E-state index >= 15 is 0 Å². The monoisotopic (exact) mass is 383 g/mol. The quantitative estimate of drug-likeness (QED) is 0.446. The number of benzene rings is 2. The maximum atomic E-state index is 11.0. The Kier molecular flexibility index (Phi) is 5.17. The van der Waals surface area contributed by atoms with Crippen molar-refractivity contribution in [3.8, 4) is 5.75 Å². The second kappa shape index (κ2) is 7.92. The first-order chi connectivity index (χ1) is 14.0. The number of fused-ring (bicyclic) bond motifs is 1. The second-order valence-corrected chi connectivity index (χ2v) is 7.70. The minimum atomic E-state index is -0.253. The van der Waals surface area contributed by atoms with Crippen molar-refractivity contribution in [1.82, 2.24) is 9.97 Å². The molecule has 1 atom stereocenters. The summed E-state index contributed by atoms with van der Waals surface area (Å²) in [4.78, 5) is 8.84. The van der Waals surface area contributed by atoms with Gasteiger partial charge in [0.1, 0.15) is 17.1 Å². The molecule has 0 aliphatic heterocycles. The predicted molar refractivity (Wildman–Crippen MR) is 118 cm³/mol. The number of nitrogens with one attached hydrogen (secondary N) is 1. The standard InChI is InChI=1S/C25H25N3O/c1-16(2)18-6-8-20(9-7-18)23(28-22-15-17(3)12-14-26-22)21-11-10-19-5-4-13-27-24(19)25(21)29/h4-16,23,29H,1-3H3,(H,26,28)/t23-/m1/s1. The lowest BCUT2D eigenvalue weighted by molar-refractivity contribution is 0.471. The normalized spacial score (nSPS) is 12.3. The Balaban J connectivity index is 1.82. The van der Waals surface area contributed by atoms with Gasteiger partial charge in [0.2, 0.25) is 0 Å². The summed E-state index contributed by atoms with van der Waals surface area (Å²) in [6.07, 6.45) is 3.49. The number of aromatic nitrogens is 2. The van der Waals surface area contributed by atoms with Crippen LogP contribution in [0.1, 0.15) is 48.1 Å². The van der Waals surface area contributed by atoms with E-state index in [1.54, 1.807) is 12.4 Å². The highest BCUT2D eigenvalue weighted by Gasteiger charge is 2.20. The molecule has 0 aliphatic rings. The SMILES string of the molecule is Cc1ccnc(N[C@H](c2ccc(C(C)C)cc2)c2ccc3cccnc3c2O)c1. The van der Waals surface area contributed by atoms with Gasteiger partial charge in [-0.25, -0.2) is 4.98 Å². The van der Waals surface area contributed by atoms with Gasteiger partial charge in [0.15, 0.2) is 0 Å². The molecule has 4 rings (SSSR count). The Bertz CT molecular complexity index is 1140. The first kappa shape index (κ1) is 18.9. The van der Waals surface area contributed by atoms with E-state index in [0.717, 1.165) is 27.9 Å². The van der Waals surface area contributed by atoms with Gasteiger partial charge < -0.3 is 10.4 Å². The Hall–Kier alpha value is -3.40. The minimum absolute atomic E-state index is 0.196. The van der Waals surface area contributed by atoms with Crippen molar-refractivity contribution in [1.29, 1.82) is 0 Å². The van der Waals surface area contributed by atoms with Crippen LogP contribution in [0.5, 0.6) is 5.75 Å². The van der Waals surface area contributed by atoms with Crippen LogP contribution >= 0.6 is 0 Å². The summed E-state index contributed by atoms with van der Waals surface area (Å²) in [6.45, 7) is 6.40. The summed E-state index contributed by atoms with van der Waals surface area (Å²) in [7, 11) is 0. The third-order valence-electron chi connectivity index (χ3n) is 5.23. The van der Waals surface area contributed by atoms with Gasteiger partial charge in [-0.3, -0.25) is 4.98 Å². The zero-order valence-electron chi connectivity index (χ0n) is 16.9. The highest BCUT2D eigenvalue weighted by atomic mass is 16.3. The second-order valence-electron chi connectivity index (χ2n) is 7.70. The van der Waals surface area contributed by atoms with Gasteiger partial charge in [-0.2, -0.15) is 0 Å². The first-order valence-corrected chi connectivity index (χ1v) is 9.88. The number of pyridine rings is 2. The first-order valence-electron chi connectivity index (χ1n) is 9.88. The van der Waals surface area contributed by atoms with Crippen LogP contribution in [0.25, 0.3) is 10.9 Å². The fourth-order valence-corrected chi connectivity index (χ4v) is 3.56. The van der Waals surface area contributed by atoms with Crippen molar-refractivity contribution < 1.29 is 5.11 Å². The van der Waals surface area contributed by atoms with Gasteiger partial charge >= 0.3 is 0 Å². The van der Waals surface area contributed by atoms with Crippen LogP contribution in [0.15, 0.2) is 73.1 Å². The fourth-order valence-electron chi connectivity index (χ4n) is 3.56. The minimum Gasteiger partial charge on any atom is -0.505 e. The van der Waals surface area contributed by atoms with Crippen molar-refractivity contribution >= 4 is 16.7 Å². The fraction of sp³-hybridized carbons (Fsp3) is 0.200. The smallest absolute Gasteiger partial charge is 0.147 e. The molecule has 0 amide bonds. The maximum Gasteiger partial charge on any atom is 0.147 e. The highest BCUT2D eigenvalue weighted by Crippen LogP contribution is 2.36. The molecule has 4 nitrogen and oxygen atoms in total. The Morgan fingerprint density at radius 3 is 2.34 bits per heavy atom. The van der Waals surface area contributed by atoms with Gasteiger partial charge in [0, 0.05) is 23.3 Å². The molecule has 0 saturated heterocycles. The summed E-state index contributed by atoms with van der Waals surface area (Å²) < 4.78 is 0. The number of phenolic OH excluding ortho intramolecular Hbond substituents is 1. The van der Waals surface area contributed by atoms with Crippen LogP contribution in [0.4, 0.5) is 5.82 Å². The topological polar surface area (TPSA) is 58.0 Å². The molecule has 29 heavy (non-hydrogen) atoms. The lowest BCUT2D eigenvalue weighted by Crippen LogP contribution is -2.14. The third kappa shape index (κ3) is 3.92. The van der Waals surface area contributed by atoms with Crippen molar-refractivity contribution in [2.24, 2.45) is 0 Å². The molecule has 146 valence electrons. The largest absolute Gasteiger partial charge is 0.505 e. The van der Waals surface area contributed by atoms with Gasteiger partial charge in [0.05, 0.1) is 6.04 Å². The summed E-state index contributed by atoms with van der Waals surface area (Å²) in [6, 6.07) is 20.0. The molecule has 0 unspecified atom stereocenters. The van der Waals surface area contributed by atoms with E-state index in [0.29, 0.717) is 11.4 Å². The molecule has 2 heterocycles. The Morgan fingerprint density at radius 2 is 1.62 bits per heavy atom. The van der Waals surface area contributed by atoms with Gasteiger partial charge in [-0.05, 0) is 47.7 Å². The van der Waals surface area contributed by atoms with Crippen LogP contribution < -0.4 is 5.32 Å². The van der Waals surface area contributed by atoms with E-state index in [4.69, 9.17) is 0 Å². The molecule has 2 aromatic carbocycles. The molecule has 4 aromatic rings. The molecule has 0 aliphatic carbocycles. The number of hydrogen-bond acceptors (Lipinski definition) is 4. The average molecular weight is 383 g/mol. The van der Waals surface area contributed by atoms with Crippen molar-refractivity contribution in [3.05, 3.63) is 95.3 Å². The molecule has 0 radical (unpaired) electrons. The molecule has 2 N–H and O–H groups in total. The number of nitrogens with zero attached hydrogens (tertiary/aromatic N) is 2. The number of hydrogen-bond donors (Lipinski definition) is 2. The molecule has 0 bridgehead atoms. The van der Waals surface area contributed by atoms with E-state index in [2.05, 4.69) is 53.4 Å². The molecular formula is C25H25N3O. The van der Waals surface area contributed by atoms with Gasteiger partial charge in [-0.1, -0.05) is 56.3 Å². The van der Waals surface area contributed by atoms with Crippen LogP contribution in [-0.2, 0) is 0 Å². The summed E-state index contributed by atoms with van der Waals surface area (Å²) in [5, 5.41) is 15.5. The predicted octanol–water partition coefficient (Wildman–Crippen LogP) is 5.97. The molecule has 0 saturated carbocycles. The van der Waals surface area contributed by atoms with Crippen LogP contribution in [-0.4, -0.2) is 15.1 Å². The molecule has 0 fully saturated rings. The number of anilines is 1. The van der Waals surface area contributed by atoms with Gasteiger partial charge in [-0.15, -0.1) is 0 Å². The van der Waals surface area contributed by atoms with Crippen LogP contribution in [0.2, 0.25) is 0 Å². The number of aryl methyl sites for hydroxylation is 1. The van der Waals surface area contributed by atoms with Gasteiger partial charge in [0.25, 0.3) is 0 Å². The summed E-state index contributed by atoms with van der Waals surface area (Å²) >= 11 is 0. The van der Waals surface area contributed by atoms with Crippen LogP contribution in [0.3, 0.4) is 0 Å². The van der Waals surface area contributed by atoms with E-state index < -0.39 is 0 Å². The zero-order valence-corrected chi connectivity index (χ0v) is 16.9. The van der Waals surface area contributed by atoms with Crippen LogP contribution in [0, 0.1) is 6.92 Å². The van der Waals surface area contributed by atoms with E-state index in [9.17, 15) is 5.11 Å². The van der Waals surface area contributed by atoms with Crippen molar-refractivity contribution in [2.75, 3.05) is 5.32 Å². The Morgan fingerprint density at radius 1 is 0.862 bits per heavy atom. The molecule has 0 spiro atoms. The molecular weight excluding hydrogens is 358 g/mol. The highest BCUT2D eigenvalue weighted by molar-refractivity contribution is 5.86. The maximum absolute atomic E-state index is 11.0. The van der Waals surface area contributed by atoms with E-state index in [1.165, 1.54) is 5.56 Å². The number of rotatable bonds is 5. The molecule has 4 heteroatoms. The van der Waals surface area contributed by atoms with E-state index in [-0.39, 0.29) is 11.8 Å². The van der Waals surface area contributed by atoms with E-state index in [1.807, 2.05) is 43.3 Å².